The number of ether oxygens (including phenoxy) is 1. The largest absolute Gasteiger partial charge is 0.481 e. The summed E-state index contributed by atoms with van der Waals surface area (Å²) >= 11 is 2.74. The maximum atomic E-state index is 10.8. The van der Waals surface area contributed by atoms with Crippen LogP contribution in [0.15, 0.2) is 22.7 Å². The summed E-state index contributed by atoms with van der Waals surface area (Å²) in [6, 6.07) is 3.92. The fraction of sp³-hybridized carbons (Fsp3) is 0.462. The van der Waals surface area contributed by atoms with Crippen molar-refractivity contribution in [1.82, 2.24) is 14.8 Å². The molecule has 0 atom stereocenters. The van der Waals surface area contributed by atoms with Crippen molar-refractivity contribution in [3.8, 4) is 10.7 Å². The first kappa shape index (κ1) is 16.0. The Balaban J connectivity index is 2.35. The lowest BCUT2D eigenvalue weighted by molar-refractivity contribution is -0.133. The van der Waals surface area contributed by atoms with Gasteiger partial charge in [-0.05, 0) is 25.3 Å². The molecule has 0 amide bonds. The highest BCUT2D eigenvalue weighted by Crippen LogP contribution is 2.29. The fourth-order valence-corrected chi connectivity index (χ4v) is 3.07. The van der Waals surface area contributed by atoms with E-state index >= 15 is 0 Å². The molecule has 2 rings (SSSR count). The first-order chi connectivity index (χ1) is 9.93. The van der Waals surface area contributed by atoms with E-state index in [1.807, 2.05) is 35.9 Å². The predicted octanol–water partition coefficient (Wildman–Crippen LogP) is 2.61. The van der Waals surface area contributed by atoms with Crippen molar-refractivity contribution in [2.75, 3.05) is 12.9 Å². The number of carbonyl (C=O) groups is 1. The number of aliphatic carboxylic acids is 1. The number of methoxy groups -OCH3 is 1. The van der Waals surface area contributed by atoms with Crippen molar-refractivity contribution in [2.45, 2.75) is 31.1 Å². The zero-order chi connectivity index (χ0) is 15.5. The van der Waals surface area contributed by atoms with Crippen molar-refractivity contribution >= 4 is 29.1 Å². The zero-order valence-corrected chi connectivity index (χ0v) is 13.7. The van der Waals surface area contributed by atoms with Gasteiger partial charge < -0.3 is 9.84 Å². The molecule has 0 bridgehead atoms. The standard InChI is InChI=1S/C13H17N3O3S2/c1-13(2,19-3)8-16-11(9-5-4-6-20-9)14-15-12(16)21-7-10(17)18/h4-6H,7-8H2,1-3H3,(H,17,18). The molecule has 8 heteroatoms. The fourth-order valence-electron chi connectivity index (χ4n) is 1.70. The number of thioether (sulfide) groups is 1. The van der Waals surface area contributed by atoms with Gasteiger partial charge in [-0.25, -0.2) is 0 Å². The molecular formula is C13H17N3O3S2. The summed E-state index contributed by atoms with van der Waals surface area (Å²) in [4.78, 5) is 11.8. The van der Waals surface area contributed by atoms with Crippen molar-refractivity contribution < 1.29 is 14.6 Å². The minimum atomic E-state index is -0.877. The lowest BCUT2D eigenvalue weighted by Crippen LogP contribution is -2.29. The first-order valence-electron chi connectivity index (χ1n) is 6.30. The van der Waals surface area contributed by atoms with Gasteiger partial charge in [-0.3, -0.25) is 9.36 Å². The van der Waals surface area contributed by atoms with Crippen LogP contribution in [-0.2, 0) is 16.1 Å². The Bertz CT molecular complexity index is 608. The monoisotopic (exact) mass is 327 g/mol. The van der Waals surface area contributed by atoms with Crippen molar-refractivity contribution in [3.05, 3.63) is 17.5 Å². The van der Waals surface area contributed by atoms with E-state index in [0.717, 1.165) is 22.5 Å². The Morgan fingerprint density at radius 1 is 1.52 bits per heavy atom. The average Bonchev–Trinajstić information content (AvgIpc) is 3.05. The molecule has 0 aliphatic rings. The van der Waals surface area contributed by atoms with Gasteiger partial charge in [-0.2, -0.15) is 0 Å². The summed E-state index contributed by atoms with van der Waals surface area (Å²) in [5, 5.41) is 19.7. The van der Waals surface area contributed by atoms with Gasteiger partial charge in [0.25, 0.3) is 0 Å². The molecule has 6 nitrogen and oxygen atoms in total. The molecule has 0 aliphatic heterocycles. The van der Waals surface area contributed by atoms with E-state index in [1.54, 1.807) is 18.4 Å². The Morgan fingerprint density at radius 2 is 2.29 bits per heavy atom. The van der Waals surface area contributed by atoms with E-state index < -0.39 is 11.6 Å². The topological polar surface area (TPSA) is 77.2 Å². The van der Waals surface area contributed by atoms with Crippen LogP contribution in [0.4, 0.5) is 0 Å². The minimum absolute atomic E-state index is 0.0457. The van der Waals surface area contributed by atoms with Crippen LogP contribution in [-0.4, -0.2) is 44.3 Å². The van der Waals surface area contributed by atoms with Gasteiger partial charge >= 0.3 is 5.97 Å². The number of hydrogen-bond donors (Lipinski definition) is 1. The molecule has 114 valence electrons. The van der Waals surface area contributed by atoms with E-state index in [-0.39, 0.29) is 5.75 Å². The highest BCUT2D eigenvalue weighted by molar-refractivity contribution is 7.99. The van der Waals surface area contributed by atoms with Gasteiger partial charge in [-0.15, -0.1) is 21.5 Å². The zero-order valence-electron chi connectivity index (χ0n) is 12.1. The first-order valence-corrected chi connectivity index (χ1v) is 8.16. The maximum absolute atomic E-state index is 10.8. The number of hydrogen-bond acceptors (Lipinski definition) is 6. The Morgan fingerprint density at radius 3 is 2.86 bits per heavy atom. The smallest absolute Gasteiger partial charge is 0.313 e. The van der Waals surface area contributed by atoms with Crippen LogP contribution in [0.2, 0.25) is 0 Å². The lowest BCUT2D eigenvalue weighted by atomic mass is 10.1. The number of carboxylic acids is 1. The van der Waals surface area contributed by atoms with Gasteiger partial charge in [0.2, 0.25) is 0 Å². The Kier molecular flexibility index (Phi) is 5.02. The third-order valence-corrected chi connectivity index (χ3v) is 4.69. The second-order valence-electron chi connectivity index (χ2n) is 5.02. The number of carboxylic acid groups (broad SMARTS) is 1. The van der Waals surface area contributed by atoms with Crippen LogP contribution >= 0.6 is 23.1 Å². The van der Waals surface area contributed by atoms with Crippen molar-refractivity contribution in [2.24, 2.45) is 0 Å². The van der Waals surface area contributed by atoms with Crippen LogP contribution in [0.25, 0.3) is 10.7 Å². The van der Waals surface area contributed by atoms with Gasteiger partial charge in [0.05, 0.1) is 22.8 Å². The summed E-state index contributed by atoms with van der Waals surface area (Å²) in [6.07, 6.45) is 0. The molecule has 0 radical (unpaired) electrons. The van der Waals surface area contributed by atoms with E-state index in [9.17, 15) is 4.79 Å². The summed E-state index contributed by atoms with van der Waals surface area (Å²) in [5.41, 5.74) is -0.396. The predicted molar refractivity (Wildman–Crippen MR) is 82.8 cm³/mol. The van der Waals surface area contributed by atoms with E-state index in [2.05, 4.69) is 10.2 Å². The minimum Gasteiger partial charge on any atom is -0.481 e. The average molecular weight is 327 g/mol. The van der Waals surface area contributed by atoms with Gasteiger partial charge in [0.1, 0.15) is 0 Å². The molecular weight excluding hydrogens is 310 g/mol. The third-order valence-electron chi connectivity index (χ3n) is 2.87. The molecule has 2 heterocycles. The number of thiophene rings is 1. The number of aromatic nitrogens is 3. The van der Waals surface area contributed by atoms with Crippen LogP contribution in [0, 0.1) is 0 Å². The van der Waals surface area contributed by atoms with Crippen molar-refractivity contribution in [3.63, 3.8) is 0 Å². The Labute approximate surface area is 131 Å². The molecule has 21 heavy (non-hydrogen) atoms. The quantitative estimate of drug-likeness (QED) is 0.788. The van der Waals surface area contributed by atoms with Crippen LogP contribution in [0.1, 0.15) is 13.8 Å². The highest BCUT2D eigenvalue weighted by atomic mass is 32.2. The SMILES string of the molecule is COC(C)(C)Cn1c(SCC(=O)O)nnc1-c1cccs1. The maximum Gasteiger partial charge on any atom is 0.313 e. The lowest BCUT2D eigenvalue weighted by Gasteiger charge is -2.24. The summed E-state index contributed by atoms with van der Waals surface area (Å²) in [5.74, 6) is -0.183. The van der Waals surface area contributed by atoms with E-state index in [0.29, 0.717) is 11.7 Å². The molecule has 0 saturated carbocycles. The normalized spacial score (nSPS) is 11.8. The van der Waals surface area contributed by atoms with E-state index in [4.69, 9.17) is 9.84 Å². The van der Waals surface area contributed by atoms with Crippen LogP contribution in [0.3, 0.4) is 0 Å². The summed E-state index contributed by atoms with van der Waals surface area (Å²) < 4.78 is 7.38. The van der Waals surface area contributed by atoms with Gasteiger partial charge in [-0.1, -0.05) is 17.8 Å². The third kappa shape index (κ3) is 4.05. The van der Waals surface area contributed by atoms with Crippen LogP contribution in [0.5, 0.6) is 0 Å². The molecule has 1 N–H and O–H groups in total. The van der Waals surface area contributed by atoms with Crippen LogP contribution < -0.4 is 0 Å². The molecule has 0 fully saturated rings. The molecule has 0 spiro atoms. The molecule has 0 aliphatic carbocycles. The second-order valence-corrected chi connectivity index (χ2v) is 6.91. The highest BCUT2D eigenvalue weighted by Gasteiger charge is 2.24. The number of nitrogens with zero attached hydrogens (tertiary/aromatic N) is 3. The second kappa shape index (κ2) is 6.59. The van der Waals surface area contributed by atoms with Gasteiger partial charge in [0.15, 0.2) is 11.0 Å². The molecule has 2 aromatic heterocycles. The molecule has 0 saturated heterocycles. The molecule has 0 aromatic carbocycles. The molecule has 0 unspecified atom stereocenters. The summed E-state index contributed by atoms with van der Waals surface area (Å²) in [7, 11) is 1.65. The number of rotatable bonds is 7. The molecule has 2 aromatic rings. The van der Waals surface area contributed by atoms with E-state index in [1.165, 1.54) is 0 Å². The van der Waals surface area contributed by atoms with Crippen molar-refractivity contribution in [1.29, 1.82) is 0 Å². The Hall–Kier alpha value is -1.38. The summed E-state index contributed by atoms with van der Waals surface area (Å²) in [6.45, 7) is 4.49. The van der Waals surface area contributed by atoms with Gasteiger partial charge in [0, 0.05) is 7.11 Å².